The molecule has 0 bridgehead atoms. The molecular formula is C28H27N3O5. The first-order valence-electron chi connectivity index (χ1n) is 11.3. The standard InChI is InChI=1S/C28H27N3O5/c1-19-5-4-6-20(15-19)18-36-26-13-14-27(32)31(30-26)23-9-7-21(8-10-23)28(33)29-17-22-16-24(34-2)11-12-25(22)35-3/h4-16H,17-18H2,1-3H3,(H,29,33). The largest absolute Gasteiger partial charge is 0.497 e. The van der Waals surface area contributed by atoms with Gasteiger partial charge >= 0.3 is 0 Å². The van der Waals surface area contributed by atoms with Crippen LogP contribution in [0, 0.1) is 6.92 Å². The van der Waals surface area contributed by atoms with E-state index in [1.165, 1.54) is 10.7 Å². The molecule has 0 atom stereocenters. The summed E-state index contributed by atoms with van der Waals surface area (Å²) in [6, 6.07) is 22.9. The highest BCUT2D eigenvalue weighted by atomic mass is 16.5. The SMILES string of the molecule is COc1ccc(OC)c(CNC(=O)c2ccc(-n3nc(OCc4cccc(C)c4)ccc3=O)cc2)c1. The van der Waals surface area contributed by atoms with Gasteiger partial charge in [-0.1, -0.05) is 29.8 Å². The average molecular weight is 486 g/mol. The Morgan fingerprint density at radius 1 is 0.944 bits per heavy atom. The van der Waals surface area contributed by atoms with Crippen LogP contribution >= 0.6 is 0 Å². The Labute approximate surface area is 209 Å². The highest BCUT2D eigenvalue weighted by molar-refractivity contribution is 5.94. The van der Waals surface area contributed by atoms with Crippen LogP contribution in [0.2, 0.25) is 0 Å². The maximum absolute atomic E-state index is 12.7. The highest BCUT2D eigenvalue weighted by Crippen LogP contribution is 2.24. The third-order valence-electron chi connectivity index (χ3n) is 5.55. The fourth-order valence-corrected chi connectivity index (χ4v) is 3.67. The van der Waals surface area contributed by atoms with E-state index in [0.29, 0.717) is 35.2 Å². The normalized spacial score (nSPS) is 10.5. The third kappa shape index (κ3) is 5.90. The smallest absolute Gasteiger partial charge is 0.271 e. The number of nitrogens with zero attached hydrogens (tertiary/aromatic N) is 2. The predicted octanol–water partition coefficient (Wildman–Crippen LogP) is 4.07. The number of benzene rings is 3. The van der Waals surface area contributed by atoms with Crippen LogP contribution in [0.15, 0.2) is 83.7 Å². The summed E-state index contributed by atoms with van der Waals surface area (Å²) in [4.78, 5) is 25.1. The Morgan fingerprint density at radius 3 is 2.47 bits per heavy atom. The average Bonchev–Trinajstić information content (AvgIpc) is 2.91. The molecule has 0 fully saturated rings. The summed E-state index contributed by atoms with van der Waals surface area (Å²) in [5, 5.41) is 7.20. The number of nitrogens with one attached hydrogen (secondary N) is 1. The Bertz CT molecular complexity index is 1410. The minimum Gasteiger partial charge on any atom is -0.497 e. The summed E-state index contributed by atoms with van der Waals surface area (Å²) in [5.41, 5.74) is 3.60. The number of hydrogen-bond donors (Lipinski definition) is 1. The number of aromatic nitrogens is 2. The summed E-state index contributed by atoms with van der Waals surface area (Å²) in [7, 11) is 3.16. The first kappa shape index (κ1) is 24.5. The van der Waals surface area contributed by atoms with Gasteiger partial charge in [0.2, 0.25) is 5.88 Å². The molecule has 0 aliphatic rings. The topological polar surface area (TPSA) is 91.7 Å². The minimum atomic E-state index is -0.305. The zero-order valence-electron chi connectivity index (χ0n) is 20.4. The van der Waals surface area contributed by atoms with Gasteiger partial charge in [0.05, 0.1) is 19.9 Å². The van der Waals surface area contributed by atoms with E-state index in [0.717, 1.165) is 16.7 Å². The molecule has 0 saturated carbocycles. The lowest BCUT2D eigenvalue weighted by atomic mass is 10.1. The zero-order valence-corrected chi connectivity index (χ0v) is 20.4. The van der Waals surface area contributed by atoms with Crippen LogP contribution in [0.3, 0.4) is 0 Å². The quantitative estimate of drug-likeness (QED) is 0.384. The van der Waals surface area contributed by atoms with E-state index >= 15 is 0 Å². The lowest BCUT2D eigenvalue weighted by Gasteiger charge is -2.12. The fourth-order valence-electron chi connectivity index (χ4n) is 3.67. The molecule has 1 N–H and O–H groups in total. The number of amides is 1. The Hall–Kier alpha value is -4.59. The maximum Gasteiger partial charge on any atom is 0.271 e. The first-order chi connectivity index (χ1) is 17.5. The van der Waals surface area contributed by atoms with Crippen LogP contribution < -0.4 is 25.1 Å². The van der Waals surface area contributed by atoms with Gasteiger partial charge in [0.15, 0.2) is 0 Å². The van der Waals surface area contributed by atoms with E-state index in [9.17, 15) is 9.59 Å². The van der Waals surface area contributed by atoms with E-state index in [4.69, 9.17) is 14.2 Å². The van der Waals surface area contributed by atoms with Crippen LogP contribution in [0.5, 0.6) is 17.4 Å². The molecule has 0 spiro atoms. The van der Waals surface area contributed by atoms with E-state index in [2.05, 4.69) is 10.4 Å². The number of hydrogen-bond acceptors (Lipinski definition) is 6. The second kappa shape index (κ2) is 11.2. The first-order valence-corrected chi connectivity index (χ1v) is 11.3. The summed E-state index contributed by atoms with van der Waals surface area (Å²) < 4.78 is 17.6. The second-order valence-corrected chi connectivity index (χ2v) is 8.11. The third-order valence-corrected chi connectivity index (χ3v) is 5.55. The molecule has 1 aromatic heterocycles. The van der Waals surface area contributed by atoms with E-state index in [-0.39, 0.29) is 18.0 Å². The molecule has 3 aromatic carbocycles. The Balaban J connectivity index is 1.44. The number of rotatable bonds is 9. The van der Waals surface area contributed by atoms with Gasteiger partial charge in [0.25, 0.3) is 11.5 Å². The van der Waals surface area contributed by atoms with Crippen LogP contribution in [-0.4, -0.2) is 29.9 Å². The van der Waals surface area contributed by atoms with E-state index in [1.807, 2.05) is 37.3 Å². The Kier molecular flexibility index (Phi) is 7.65. The van der Waals surface area contributed by atoms with Gasteiger partial charge in [0.1, 0.15) is 18.1 Å². The molecule has 36 heavy (non-hydrogen) atoms. The minimum absolute atomic E-state index is 0.262. The van der Waals surface area contributed by atoms with Gasteiger partial charge in [-0.25, -0.2) is 0 Å². The molecule has 0 unspecified atom stereocenters. The fraction of sp³-hybridized carbons (Fsp3) is 0.179. The summed E-state index contributed by atoms with van der Waals surface area (Å²) in [6.07, 6.45) is 0. The lowest BCUT2D eigenvalue weighted by molar-refractivity contribution is 0.0950. The number of ether oxygens (including phenoxy) is 3. The van der Waals surface area contributed by atoms with Crippen molar-refractivity contribution in [2.24, 2.45) is 0 Å². The molecule has 4 rings (SSSR count). The van der Waals surface area contributed by atoms with Crippen molar-refractivity contribution in [1.29, 1.82) is 0 Å². The van der Waals surface area contributed by atoms with Gasteiger partial charge in [0, 0.05) is 29.8 Å². The molecule has 0 aliphatic carbocycles. The monoisotopic (exact) mass is 485 g/mol. The molecule has 1 heterocycles. The van der Waals surface area contributed by atoms with Crippen molar-refractivity contribution in [2.75, 3.05) is 14.2 Å². The number of methoxy groups -OCH3 is 2. The summed E-state index contributed by atoms with van der Waals surface area (Å²) in [6.45, 7) is 2.62. The van der Waals surface area contributed by atoms with Crippen LogP contribution in [0.1, 0.15) is 27.0 Å². The zero-order chi connectivity index (χ0) is 25.5. The molecule has 8 heteroatoms. The molecule has 0 aliphatic heterocycles. The van der Waals surface area contributed by atoms with Crippen molar-refractivity contribution in [3.05, 3.63) is 111 Å². The molecular weight excluding hydrogens is 458 g/mol. The van der Waals surface area contributed by atoms with Crippen molar-refractivity contribution >= 4 is 5.91 Å². The summed E-state index contributed by atoms with van der Waals surface area (Å²) >= 11 is 0. The van der Waals surface area contributed by atoms with Gasteiger partial charge < -0.3 is 19.5 Å². The van der Waals surface area contributed by atoms with Crippen LogP contribution in [0.4, 0.5) is 0 Å². The molecule has 0 radical (unpaired) electrons. The van der Waals surface area contributed by atoms with Crippen LogP contribution in [0.25, 0.3) is 5.69 Å². The molecule has 184 valence electrons. The molecule has 1 amide bonds. The maximum atomic E-state index is 12.7. The number of aryl methyl sites for hydroxylation is 1. The van der Waals surface area contributed by atoms with Crippen molar-refractivity contribution in [3.8, 4) is 23.1 Å². The van der Waals surface area contributed by atoms with Crippen molar-refractivity contribution in [3.63, 3.8) is 0 Å². The summed E-state index contributed by atoms with van der Waals surface area (Å²) in [5.74, 6) is 1.39. The molecule has 4 aromatic rings. The van der Waals surface area contributed by atoms with Gasteiger partial charge in [-0.2, -0.15) is 4.68 Å². The predicted molar refractivity (Wildman–Crippen MR) is 136 cm³/mol. The highest BCUT2D eigenvalue weighted by Gasteiger charge is 2.11. The van der Waals surface area contributed by atoms with Gasteiger partial charge in [-0.3, -0.25) is 9.59 Å². The number of carbonyl (C=O) groups is 1. The van der Waals surface area contributed by atoms with Crippen molar-refractivity contribution < 1.29 is 19.0 Å². The van der Waals surface area contributed by atoms with E-state index < -0.39 is 0 Å². The number of carbonyl (C=O) groups excluding carboxylic acids is 1. The van der Waals surface area contributed by atoms with Crippen LogP contribution in [-0.2, 0) is 13.2 Å². The van der Waals surface area contributed by atoms with Crippen molar-refractivity contribution in [1.82, 2.24) is 15.1 Å². The molecule has 8 nitrogen and oxygen atoms in total. The lowest BCUT2D eigenvalue weighted by Crippen LogP contribution is -2.23. The second-order valence-electron chi connectivity index (χ2n) is 8.11. The Morgan fingerprint density at radius 2 is 1.75 bits per heavy atom. The van der Waals surface area contributed by atoms with Gasteiger partial charge in [-0.15, -0.1) is 5.10 Å². The molecule has 0 saturated heterocycles. The van der Waals surface area contributed by atoms with E-state index in [1.54, 1.807) is 56.7 Å². The van der Waals surface area contributed by atoms with Crippen molar-refractivity contribution in [2.45, 2.75) is 20.1 Å². The van der Waals surface area contributed by atoms with Gasteiger partial charge in [-0.05, 0) is 55.0 Å².